The molecule has 0 amide bonds. The van der Waals surface area contributed by atoms with Gasteiger partial charge in [0.05, 0.1) is 5.52 Å². The van der Waals surface area contributed by atoms with Crippen LogP contribution < -0.4 is 0 Å². The summed E-state index contributed by atoms with van der Waals surface area (Å²) in [6.45, 7) is 1.87. The van der Waals surface area contributed by atoms with Crippen LogP contribution in [0.3, 0.4) is 0 Å². The van der Waals surface area contributed by atoms with E-state index < -0.39 is 12.0 Å². The van der Waals surface area contributed by atoms with Crippen LogP contribution in [-0.2, 0) is 6.18 Å². The number of aryl methyl sites for hydroxylation is 1. The maximum atomic E-state index is 13.0. The average Bonchev–Trinajstić information content (AvgIpc) is 2.49. The number of benzene rings is 2. The Balaban J connectivity index is 2.15. The van der Waals surface area contributed by atoms with E-state index in [0.717, 1.165) is 22.2 Å². The fraction of sp³-hybridized carbons (Fsp3) is 0.125. The first-order valence-corrected chi connectivity index (χ1v) is 7.81. The zero-order valence-electron chi connectivity index (χ0n) is 11.9. The third kappa shape index (κ3) is 3.59. The van der Waals surface area contributed by atoms with Gasteiger partial charge >= 0.3 is 6.18 Å². The molecule has 0 radical (unpaired) electrons. The second-order valence-corrected chi connectivity index (χ2v) is 6.43. The summed E-state index contributed by atoms with van der Waals surface area (Å²) < 4.78 is 39.0. The van der Waals surface area contributed by atoms with Gasteiger partial charge in [-0.25, -0.2) is 9.97 Å². The molecule has 23 heavy (non-hydrogen) atoms. The van der Waals surface area contributed by atoms with Crippen molar-refractivity contribution in [3.05, 3.63) is 58.9 Å². The Kier molecular flexibility index (Phi) is 4.21. The number of hydrogen-bond donors (Lipinski definition) is 0. The molecule has 3 rings (SSSR count). The highest BCUT2D eigenvalue weighted by atomic mass is 35.5. The minimum Gasteiger partial charge on any atom is -0.224 e. The number of nitrogens with zero attached hydrogens (tertiary/aromatic N) is 2. The molecule has 0 unspecified atom stereocenters. The molecular weight excluding hydrogens is 345 g/mol. The molecule has 0 saturated heterocycles. The molecule has 0 bridgehead atoms. The lowest BCUT2D eigenvalue weighted by Gasteiger charge is -2.11. The van der Waals surface area contributed by atoms with Crippen LogP contribution >= 0.6 is 23.4 Å². The van der Waals surface area contributed by atoms with Gasteiger partial charge in [-0.1, -0.05) is 35.0 Å². The maximum absolute atomic E-state index is 13.0. The third-order valence-electron chi connectivity index (χ3n) is 3.10. The van der Waals surface area contributed by atoms with E-state index in [9.17, 15) is 13.2 Å². The monoisotopic (exact) mass is 354 g/mol. The van der Waals surface area contributed by atoms with Gasteiger partial charge in [0.25, 0.3) is 0 Å². The Morgan fingerprint density at radius 1 is 1.00 bits per heavy atom. The smallest absolute Gasteiger partial charge is 0.224 e. The Labute approximate surface area is 139 Å². The molecule has 2 nitrogen and oxygen atoms in total. The molecule has 3 aromatic rings. The van der Waals surface area contributed by atoms with Crippen molar-refractivity contribution in [1.29, 1.82) is 0 Å². The highest BCUT2D eigenvalue weighted by Crippen LogP contribution is 2.35. The minimum absolute atomic E-state index is 0.272. The van der Waals surface area contributed by atoms with Crippen molar-refractivity contribution in [2.45, 2.75) is 23.0 Å². The predicted octanol–water partition coefficient (Wildman–Crippen LogP) is 5.76. The van der Waals surface area contributed by atoms with Crippen molar-refractivity contribution in [3.63, 3.8) is 0 Å². The minimum atomic E-state index is -4.59. The topological polar surface area (TPSA) is 25.8 Å². The summed E-state index contributed by atoms with van der Waals surface area (Å²) in [5, 5.41) is 1.43. The highest BCUT2D eigenvalue weighted by molar-refractivity contribution is 7.99. The van der Waals surface area contributed by atoms with Gasteiger partial charge in [-0.05, 0) is 43.3 Å². The SMILES string of the molecule is Cc1ccc2nc(C(F)(F)F)nc(Sc3ccc(Cl)cc3)c2c1. The normalized spacial score (nSPS) is 11.9. The first kappa shape index (κ1) is 16.1. The van der Waals surface area contributed by atoms with E-state index in [4.69, 9.17) is 11.6 Å². The van der Waals surface area contributed by atoms with Crippen molar-refractivity contribution in [1.82, 2.24) is 9.97 Å². The van der Waals surface area contributed by atoms with Crippen LogP contribution in [0.5, 0.6) is 0 Å². The molecule has 0 aliphatic carbocycles. The first-order valence-electron chi connectivity index (χ1n) is 6.62. The van der Waals surface area contributed by atoms with Crippen molar-refractivity contribution in [3.8, 4) is 0 Å². The van der Waals surface area contributed by atoms with Crippen molar-refractivity contribution in [2.24, 2.45) is 0 Å². The van der Waals surface area contributed by atoms with E-state index in [1.54, 1.807) is 42.5 Å². The Morgan fingerprint density at radius 3 is 2.35 bits per heavy atom. The van der Waals surface area contributed by atoms with E-state index in [1.165, 1.54) is 0 Å². The quantitative estimate of drug-likeness (QED) is 0.547. The molecule has 0 atom stereocenters. The second-order valence-electron chi connectivity index (χ2n) is 4.93. The van der Waals surface area contributed by atoms with E-state index in [-0.39, 0.29) is 10.5 Å². The summed E-state index contributed by atoms with van der Waals surface area (Å²) >= 11 is 6.99. The lowest BCUT2D eigenvalue weighted by Crippen LogP contribution is -2.11. The number of aromatic nitrogens is 2. The molecule has 0 fully saturated rings. The molecule has 7 heteroatoms. The number of alkyl halides is 3. The van der Waals surface area contributed by atoms with Gasteiger partial charge in [0.15, 0.2) is 0 Å². The summed E-state index contributed by atoms with van der Waals surface area (Å²) in [7, 11) is 0. The average molecular weight is 355 g/mol. The summed E-state index contributed by atoms with van der Waals surface area (Å²) in [5.41, 5.74) is 1.20. The van der Waals surface area contributed by atoms with Crippen LogP contribution in [0, 0.1) is 6.92 Å². The third-order valence-corrected chi connectivity index (χ3v) is 4.36. The van der Waals surface area contributed by atoms with Crippen molar-refractivity contribution < 1.29 is 13.2 Å². The number of rotatable bonds is 2. The maximum Gasteiger partial charge on any atom is 0.451 e. The fourth-order valence-corrected chi connectivity index (χ4v) is 3.06. The summed E-state index contributed by atoms with van der Waals surface area (Å²) in [5.74, 6) is -1.13. The van der Waals surface area contributed by atoms with Crippen LogP contribution in [0.15, 0.2) is 52.4 Å². The lowest BCUT2D eigenvalue weighted by molar-refractivity contribution is -0.145. The predicted molar refractivity (Wildman–Crippen MR) is 84.9 cm³/mol. The van der Waals surface area contributed by atoms with E-state index in [0.29, 0.717) is 10.4 Å². The van der Waals surface area contributed by atoms with Crippen LogP contribution in [0.4, 0.5) is 13.2 Å². The van der Waals surface area contributed by atoms with Crippen molar-refractivity contribution >= 4 is 34.3 Å². The van der Waals surface area contributed by atoms with Crippen LogP contribution in [0.25, 0.3) is 10.9 Å². The van der Waals surface area contributed by atoms with Crippen LogP contribution in [-0.4, -0.2) is 9.97 Å². The molecule has 1 heterocycles. The Bertz CT molecular complexity index is 864. The molecule has 0 aliphatic heterocycles. The van der Waals surface area contributed by atoms with Crippen LogP contribution in [0.1, 0.15) is 11.4 Å². The zero-order valence-corrected chi connectivity index (χ0v) is 13.4. The molecule has 2 aromatic carbocycles. The molecule has 1 aromatic heterocycles. The molecule has 0 saturated carbocycles. The molecule has 118 valence electrons. The standard InChI is InChI=1S/C16H10ClF3N2S/c1-9-2-7-13-12(8-9)14(22-15(21-13)16(18,19)20)23-11-5-3-10(17)4-6-11/h2-8H,1H3. The number of fused-ring (bicyclic) bond motifs is 1. The lowest BCUT2D eigenvalue weighted by atomic mass is 10.2. The summed E-state index contributed by atoms with van der Waals surface area (Å²) in [6.07, 6.45) is -4.59. The largest absolute Gasteiger partial charge is 0.451 e. The van der Waals surface area contributed by atoms with Gasteiger partial charge in [-0.15, -0.1) is 0 Å². The van der Waals surface area contributed by atoms with Gasteiger partial charge in [0.2, 0.25) is 5.82 Å². The number of hydrogen-bond acceptors (Lipinski definition) is 3. The fourth-order valence-electron chi connectivity index (χ4n) is 2.03. The first-order chi connectivity index (χ1) is 10.8. The van der Waals surface area contributed by atoms with Gasteiger partial charge in [-0.2, -0.15) is 13.2 Å². The van der Waals surface area contributed by atoms with E-state index in [2.05, 4.69) is 9.97 Å². The molecule has 0 aliphatic rings. The van der Waals surface area contributed by atoms with E-state index >= 15 is 0 Å². The molecular formula is C16H10ClF3N2S. The Hall–Kier alpha value is -1.79. The summed E-state index contributed by atoms with van der Waals surface area (Å²) in [4.78, 5) is 8.11. The van der Waals surface area contributed by atoms with Crippen molar-refractivity contribution in [2.75, 3.05) is 0 Å². The van der Waals surface area contributed by atoms with Crippen LogP contribution in [0.2, 0.25) is 5.02 Å². The molecule has 0 N–H and O–H groups in total. The second kappa shape index (κ2) is 6.02. The molecule has 0 spiro atoms. The van der Waals surface area contributed by atoms with Gasteiger partial charge in [-0.3, -0.25) is 0 Å². The zero-order chi connectivity index (χ0) is 16.6. The van der Waals surface area contributed by atoms with Gasteiger partial charge in [0.1, 0.15) is 5.03 Å². The van der Waals surface area contributed by atoms with Gasteiger partial charge in [0, 0.05) is 15.3 Å². The van der Waals surface area contributed by atoms with Gasteiger partial charge < -0.3 is 0 Å². The van der Waals surface area contributed by atoms with E-state index in [1.807, 2.05) is 6.92 Å². The number of halogens is 4. The Morgan fingerprint density at radius 2 is 1.70 bits per heavy atom. The summed E-state index contributed by atoms with van der Waals surface area (Å²) in [6, 6.07) is 11.9. The highest BCUT2D eigenvalue weighted by Gasteiger charge is 2.35.